The number of benzene rings is 2. The highest BCUT2D eigenvalue weighted by molar-refractivity contribution is 7.80. The molecule has 0 atom stereocenters. The largest absolute Gasteiger partial charge is 0.362 e. The van der Waals surface area contributed by atoms with Gasteiger partial charge in [-0.05, 0) is 38.2 Å². The molecule has 0 saturated heterocycles. The first kappa shape index (κ1) is 17.8. The van der Waals surface area contributed by atoms with Crippen LogP contribution in [0.3, 0.4) is 0 Å². The van der Waals surface area contributed by atoms with Crippen molar-refractivity contribution in [3.63, 3.8) is 0 Å². The van der Waals surface area contributed by atoms with Gasteiger partial charge in [0, 0.05) is 23.9 Å². The molecule has 5 nitrogen and oxygen atoms in total. The van der Waals surface area contributed by atoms with Crippen LogP contribution in [0.4, 0.5) is 0 Å². The fraction of sp³-hybridized carbons (Fsp3) is 0.150. The highest BCUT2D eigenvalue weighted by atomic mass is 32.1. The van der Waals surface area contributed by atoms with Gasteiger partial charge in [0.05, 0.1) is 11.9 Å². The molecule has 6 heteroatoms. The van der Waals surface area contributed by atoms with Gasteiger partial charge in [-0.3, -0.25) is 5.43 Å². The summed E-state index contributed by atoms with van der Waals surface area (Å²) in [6.45, 7) is 4.80. The molecule has 2 aromatic carbocycles. The molecule has 1 aromatic heterocycles. The van der Waals surface area contributed by atoms with E-state index in [9.17, 15) is 0 Å². The summed E-state index contributed by atoms with van der Waals surface area (Å²) in [6.07, 6.45) is 3.71. The molecule has 1 heterocycles. The summed E-state index contributed by atoms with van der Waals surface area (Å²) in [5.41, 5.74) is 7.85. The average Bonchev–Trinajstić information content (AvgIpc) is 3.07. The topological polar surface area (TPSA) is 54.2 Å². The number of hydrogen-bond acceptors (Lipinski definition) is 3. The molecule has 0 saturated carbocycles. The Bertz CT molecular complexity index is 898. The minimum atomic E-state index is 0.496. The molecule has 0 bridgehead atoms. The summed E-state index contributed by atoms with van der Waals surface area (Å²) in [6, 6.07) is 18.3. The molecule has 132 valence electrons. The van der Waals surface area contributed by atoms with Crippen LogP contribution in [0.2, 0.25) is 0 Å². The monoisotopic (exact) mass is 363 g/mol. The number of nitrogens with one attached hydrogen (secondary N) is 2. The van der Waals surface area contributed by atoms with Gasteiger partial charge in [-0.1, -0.05) is 48.0 Å². The van der Waals surface area contributed by atoms with E-state index in [1.54, 1.807) is 6.21 Å². The fourth-order valence-corrected chi connectivity index (χ4v) is 2.69. The van der Waals surface area contributed by atoms with E-state index in [1.807, 2.05) is 48.1 Å². The summed E-state index contributed by atoms with van der Waals surface area (Å²) in [5.74, 6) is 0. The third-order valence-electron chi connectivity index (χ3n) is 3.80. The number of hydrazone groups is 1. The zero-order valence-corrected chi connectivity index (χ0v) is 15.6. The average molecular weight is 363 g/mol. The van der Waals surface area contributed by atoms with Gasteiger partial charge in [-0.25, -0.2) is 4.68 Å². The van der Waals surface area contributed by atoms with Crippen LogP contribution in [-0.2, 0) is 0 Å². The highest BCUT2D eigenvalue weighted by Gasteiger charge is 2.11. The molecule has 0 aliphatic rings. The van der Waals surface area contributed by atoms with Gasteiger partial charge in [-0.2, -0.15) is 10.2 Å². The first-order valence-electron chi connectivity index (χ1n) is 8.46. The van der Waals surface area contributed by atoms with E-state index < -0.39 is 0 Å². The van der Waals surface area contributed by atoms with Crippen molar-refractivity contribution in [2.75, 3.05) is 6.54 Å². The van der Waals surface area contributed by atoms with E-state index in [0.29, 0.717) is 5.11 Å². The molecule has 0 radical (unpaired) electrons. The lowest BCUT2D eigenvalue weighted by molar-refractivity contribution is 0.884. The van der Waals surface area contributed by atoms with Crippen LogP contribution in [0.5, 0.6) is 0 Å². The quantitative estimate of drug-likeness (QED) is 0.413. The Balaban J connectivity index is 1.95. The van der Waals surface area contributed by atoms with E-state index >= 15 is 0 Å². The van der Waals surface area contributed by atoms with Crippen molar-refractivity contribution in [3.05, 3.63) is 71.9 Å². The molecule has 0 amide bonds. The lowest BCUT2D eigenvalue weighted by Gasteiger charge is -2.03. The summed E-state index contributed by atoms with van der Waals surface area (Å²) >= 11 is 5.13. The van der Waals surface area contributed by atoms with Crippen molar-refractivity contribution < 1.29 is 0 Å². The number of nitrogens with zero attached hydrogens (tertiary/aromatic N) is 3. The van der Waals surface area contributed by atoms with Crippen LogP contribution < -0.4 is 10.7 Å². The van der Waals surface area contributed by atoms with E-state index in [4.69, 9.17) is 17.3 Å². The van der Waals surface area contributed by atoms with Gasteiger partial charge in [0.25, 0.3) is 0 Å². The van der Waals surface area contributed by atoms with Crippen LogP contribution in [0.15, 0.2) is 65.9 Å². The molecule has 3 aromatic rings. The van der Waals surface area contributed by atoms with Crippen molar-refractivity contribution in [2.45, 2.75) is 13.8 Å². The van der Waals surface area contributed by atoms with Crippen molar-refractivity contribution in [1.82, 2.24) is 20.5 Å². The normalized spacial score (nSPS) is 10.8. The Hall–Kier alpha value is -2.99. The predicted octanol–water partition coefficient (Wildman–Crippen LogP) is 3.67. The first-order valence-corrected chi connectivity index (χ1v) is 8.87. The standard InChI is InChI=1S/C20H21N5S/c1-3-21-20(26)23-22-13-17-14-25(18-7-5-4-6-8-18)24-19(17)16-11-9-15(2)10-12-16/h4-14H,3H2,1-2H3,(H2,21,23,26)/b22-13-. The second-order valence-electron chi connectivity index (χ2n) is 5.81. The smallest absolute Gasteiger partial charge is 0.186 e. The maximum atomic E-state index is 5.13. The lowest BCUT2D eigenvalue weighted by atomic mass is 10.1. The highest BCUT2D eigenvalue weighted by Crippen LogP contribution is 2.23. The molecule has 0 aliphatic heterocycles. The third-order valence-corrected chi connectivity index (χ3v) is 4.03. The van der Waals surface area contributed by atoms with Gasteiger partial charge in [0.2, 0.25) is 0 Å². The van der Waals surface area contributed by atoms with Crippen molar-refractivity contribution in [2.24, 2.45) is 5.10 Å². The summed E-state index contributed by atoms with van der Waals surface area (Å²) in [4.78, 5) is 0. The van der Waals surface area contributed by atoms with E-state index in [-0.39, 0.29) is 0 Å². The number of thiocarbonyl (C=S) groups is 1. The third kappa shape index (κ3) is 4.34. The Morgan fingerprint density at radius 2 is 1.88 bits per heavy atom. The van der Waals surface area contributed by atoms with Crippen molar-refractivity contribution in [1.29, 1.82) is 0 Å². The zero-order valence-electron chi connectivity index (χ0n) is 14.8. The number of hydrogen-bond donors (Lipinski definition) is 2. The lowest BCUT2D eigenvalue weighted by Crippen LogP contribution is -2.31. The van der Waals surface area contributed by atoms with Gasteiger partial charge in [0.15, 0.2) is 5.11 Å². The predicted molar refractivity (Wildman–Crippen MR) is 111 cm³/mol. The van der Waals surface area contributed by atoms with Crippen LogP contribution in [0.1, 0.15) is 18.1 Å². The van der Waals surface area contributed by atoms with Gasteiger partial charge in [0.1, 0.15) is 5.69 Å². The van der Waals surface area contributed by atoms with Crippen molar-refractivity contribution >= 4 is 23.5 Å². The van der Waals surface area contributed by atoms with Crippen LogP contribution in [0, 0.1) is 6.92 Å². The first-order chi connectivity index (χ1) is 12.7. The molecule has 0 fully saturated rings. The van der Waals surface area contributed by atoms with E-state index in [2.05, 4.69) is 47.0 Å². The number of aryl methyl sites for hydroxylation is 1. The summed E-state index contributed by atoms with van der Waals surface area (Å²) < 4.78 is 1.86. The Kier molecular flexibility index (Phi) is 5.76. The Labute approximate surface area is 158 Å². The fourth-order valence-electron chi connectivity index (χ4n) is 2.49. The van der Waals surface area contributed by atoms with Gasteiger partial charge >= 0.3 is 0 Å². The molecule has 0 unspecified atom stereocenters. The molecule has 0 aliphatic carbocycles. The number of aromatic nitrogens is 2. The molecule has 2 N–H and O–H groups in total. The maximum Gasteiger partial charge on any atom is 0.186 e. The number of para-hydroxylation sites is 1. The minimum Gasteiger partial charge on any atom is -0.362 e. The molecule has 3 rings (SSSR count). The van der Waals surface area contributed by atoms with Gasteiger partial charge < -0.3 is 5.32 Å². The Morgan fingerprint density at radius 3 is 2.58 bits per heavy atom. The molecular weight excluding hydrogens is 342 g/mol. The minimum absolute atomic E-state index is 0.496. The second kappa shape index (κ2) is 8.40. The molecule has 26 heavy (non-hydrogen) atoms. The SMILES string of the molecule is CCNC(=S)N/N=C\c1cn(-c2ccccc2)nc1-c1ccc(C)cc1. The number of rotatable bonds is 5. The molecular formula is C20H21N5S. The van der Waals surface area contributed by atoms with Gasteiger partial charge in [-0.15, -0.1) is 0 Å². The molecule has 0 spiro atoms. The zero-order chi connectivity index (χ0) is 18.4. The van der Waals surface area contributed by atoms with E-state index in [0.717, 1.165) is 29.1 Å². The van der Waals surface area contributed by atoms with Crippen LogP contribution >= 0.6 is 12.2 Å². The Morgan fingerprint density at radius 1 is 1.15 bits per heavy atom. The van der Waals surface area contributed by atoms with Crippen LogP contribution in [-0.4, -0.2) is 27.7 Å². The van der Waals surface area contributed by atoms with E-state index in [1.165, 1.54) is 5.56 Å². The summed E-state index contributed by atoms with van der Waals surface area (Å²) in [7, 11) is 0. The van der Waals surface area contributed by atoms with Crippen molar-refractivity contribution in [3.8, 4) is 16.9 Å². The second-order valence-corrected chi connectivity index (χ2v) is 6.22. The maximum absolute atomic E-state index is 5.13. The van der Waals surface area contributed by atoms with Crippen LogP contribution in [0.25, 0.3) is 16.9 Å². The summed E-state index contributed by atoms with van der Waals surface area (Å²) in [5, 5.41) is 12.5.